The maximum Gasteiger partial charge on any atom is 0.129 e. The van der Waals surface area contributed by atoms with E-state index in [-0.39, 0.29) is 18.0 Å². The van der Waals surface area contributed by atoms with E-state index in [4.69, 9.17) is 10.5 Å². The molecule has 0 aliphatic rings. The van der Waals surface area contributed by atoms with E-state index in [1.165, 1.54) is 6.07 Å². The van der Waals surface area contributed by atoms with E-state index in [2.05, 4.69) is 13.8 Å². The lowest BCUT2D eigenvalue weighted by atomic mass is 10.0. The molecule has 0 heterocycles. The second-order valence-corrected chi connectivity index (χ2v) is 5.21. The van der Waals surface area contributed by atoms with Crippen LogP contribution in [0.2, 0.25) is 0 Å². The van der Waals surface area contributed by atoms with Crippen molar-refractivity contribution in [3.05, 3.63) is 35.6 Å². The van der Waals surface area contributed by atoms with Gasteiger partial charge in [0.05, 0.1) is 0 Å². The van der Waals surface area contributed by atoms with Crippen LogP contribution in [-0.2, 0) is 4.74 Å². The Kier molecular flexibility index (Phi) is 6.30. The van der Waals surface area contributed by atoms with Crippen LogP contribution in [0, 0.1) is 11.7 Å². The van der Waals surface area contributed by atoms with Gasteiger partial charge in [0.15, 0.2) is 0 Å². The molecule has 0 fully saturated rings. The summed E-state index contributed by atoms with van der Waals surface area (Å²) >= 11 is 0. The molecule has 0 aliphatic heterocycles. The van der Waals surface area contributed by atoms with Crippen molar-refractivity contribution in [1.82, 2.24) is 0 Å². The molecule has 0 radical (unpaired) electrons. The first-order chi connectivity index (χ1) is 8.52. The minimum Gasteiger partial charge on any atom is -0.372 e. The van der Waals surface area contributed by atoms with Crippen LogP contribution in [0.25, 0.3) is 0 Å². The maximum atomic E-state index is 13.7. The summed E-state index contributed by atoms with van der Waals surface area (Å²) in [5, 5.41) is 0. The summed E-state index contributed by atoms with van der Waals surface area (Å²) in [5.74, 6) is 0.416. The number of benzene rings is 1. The SMILES string of the molecule is CC(C)CCCOC(c1ccccc1F)C(C)N. The Balaban J connectivity index is 2.58. The van der Waals surface area contributed by atoms with Crippen LogP contribution in [0.5, 0.6) is 0 Å². The molecule has 2 atom stereocenters. The molecule has 0 amide bonds. The van der Waals surface area contributed by atoms with E-state index < -0.39 is 0 Å². The second-order valence-electron chi connectivity index (χ2n) is 5.21. The molecule has 0 bridgehead atoms. The number of hydrogen-bond donors (Lipinski definition) is 1. The summed E-state index contributed by atoms with van der Waals surface area (Å²) in [6, 6.07) is 6.45. The molecule has 0 saturated carbocycles. The molecule has 0 aliphatic carbocycles. The zero-order chi connectivity index (χ0) is 13.5. The van der Waals surface area contributed by atoms with Crippen LogP contribution in [0.4, 0.5) is 4.39 Å². The van der Waals surface area contributed by atoms with Gasteiger partial charge in [0, 0.05) is 18.2 Å². The van der Waals surface area contributed by atoms with Gasteiger partial charge in [-0.15, -0.1) is 0 Å². The quantitative estimate of drug-likeness (QED) is 0.752. The highest BCUT2D eigenvalue weighted by Gasteiger charge is 2.19. The molecular weight excluding hydrogens is 229 g/mol. The van der Waals surface area contributed by atoms with Gasteiger partial charge in [-0.2, -0.15) is 0 Å². The Morgan fingerprint density at radius 3 is 2.44 bits per heavy atom. The van der Waals surface area contributed by atoms with Crippen LogP contribution >= 0.6 is 0 Å². The smallest absolute Gasteiger partial charge is 0.129 e. The molecule has 2 nitrogen and oxygen atoms in total. The number of ether oxygens (including phenoxy) is 1. The van der Waals surface area contributed by atoms with Crippen LogP contribution in [-0.4, -0.2) is 12.6 Å². The predicted molar refractivity (Wildman–Crippen MR) is 72.8 cm³/mol. The Morgan fingerprint density at radius 1 is 1.22 bits per heavy atom. The molecule has 18 heavy (non-hydrogen) atoms. The van der Waals surface area contributed by atoms with E-state index >= 15 is 0 Å². The number of halogens is 1. The summed E-state index contributed by atoms with van der Waals surface area (Å²) in [4.78, 5) is 0. The van der Waals surface area contributed by atoms with Crippen LogP contribution in [0.3, 0.4) is 0 Å². The van der Waals surface area contributed by atoms with Crippen molar-refractivity contribution in [2.45, 2.75) is 45.8 Å². The van der Waals surface area contributed by atoms with Gasteiger partial charge < -0.3 is 10.5 Å². The first-order valence-corrected chi connectivity index (χ1v) is 6.64. The fourth-order valence-corrected chi connectivity index (χ4v) is 1.93. The van der Waals surface area contributed by atoms with Gasteiger partial charge in [-0.1, -0.05) is 32.0 Å². The van der Waals surface area contributed by atoms with E-state index in [1.54, 1.807) is 12.1 Å². The van der Waals surface area contributed by atoms with Crippen molar-refractivity contribution in [1.29, 1.82) is 0 Å². The molecule has 1 rings (SSSR count). The average molecular weight is 253 g/mol. The topological polar surface area (TPSA) is 35.2 Å². The third-order valence-corrected chi connectivity index (χ3v) is 2.91. The monoisotopic (exact) mass is 253 g/mol. The van der Waals surface area contributed by atoms with E-state index in [1.807, 2.05) is 13.0 Å². The third kappa shape index (κ3) is 4.75. The molecule has 1 aromatic carbocycles. The minimum absolute atomic E-state index is 0.221. The van der Waals surface area contributed by atoms with Gasteiger partial charge in [0.1, 0.15) is 11.9 Å². The summed E-state index contributed by atoms with van der Waals surface area (Å²) in [6.07, 6.45) is 1.73. The lowest BCUT2D eigenvalue weighted by Crippen LogP contribution is -2.28. The molecular formula is C15H24FNO. The summed E-state index contributed by atoms with van der Waals surface area (Å²) in [6.45, 7) is 6.83. The van der Waals surface area contributed by atoms with Crippen molar-refractivity contribution in [3.8, 4) is 0 Å². The zero-order valence-electron chi connectivity index (χ0n) is 11.5. The fraction of sp³-hybridized carbons (Fsp3) is 0.600. The maximum absolute atomic E-state index is 13.7. The summed E-state index contributed by atoms with van der Waals surface area (Å²) in [5.41, 5.74) is 6.44. The first kappa shape index (κ1) is 15.1. The molecule has 0 aromatic heterocycles. The fourth-order valence-electron chi connectivity index (χ4n) is 1.93. The molecule has 0 spiro atoms. The van der Waals surface area contributed by atoms with Gasteiger partial charge in [-0.25, -0.2) is 4.39 Å². The highest BCUT2D eigenvalue weighted by molar-refractivity contribution is 5.21. The van der Waals surface area contributed by atoms with Gasteiger partial charge in [0.25, 0.3) is 0 Å². The predicted octanol–water partition coefficient (Wildman–Crippen LogP) is 3.67. The Bertz CT molecular complexity index is 352. The van der Waals surface area contributed by atoms with Crippen molar-refractivity contribution in [2.75, 3.05) is 6.61 Å². The standard InChI is InChI=1S/C15H24FNO/c1-11(2)7-6-10-18-15(12(3)17)13-8-4-5-9-14(13)16/h4-5,8-9,11-12,15H,6-7,10,17H2,1-3H3. The van der Waals surface area contributed by atoms with Crippen molar-refractivity contribution in [3.63, 3.8) is 0 Å². The van der Waals surface area contributed by atoms with E-state index in [0.29, 0.717) is 18.1 Å². The lowest BCUT2D eigenvalue weighted by Gasteiger charge is -2.22. The van der Waals surface area contributed by atoms with Crippen LogP contribution < -0.4 is 5.73 Å². The lowest BCUT2D eigenvalue weighted by molar-refractivity contribution is 0.0325. The van der Waals surface area contributed by atoms with Crippen LogP contribution in [0.1, 0.15) is 45.3 Å². The van der Waals surface area contributed by atoms with Crippen LogP contribution in [0.15, 0.2) is 24.3 Å². The molecule has 0 saturated heterocycles. The molecule has 3 heteroatoms. The van der Waals surface area contributed by atoms with Gasteiger partial charge >= 0.3 is 0 Å². The van der Waals surface area contributed by atoms with Crippen molar-refractivity contribution in [2.24, 2.45) is 11.7 Å². The third-order valence-electron chi connectivity index (χ3n) is 2.91. The number of nitrogens with two attached hydrogens (primary N) is 1. The molecule has 2 unspecified atom stereocenters. The van der Waals surface area contributed by atoms with Gasteiger partial charge in [0.2, 0.25) is 0 Å². The van der Waals surface area contributed by atoms with Crippen molar-refractivity contribution >= 4 is 0 Å². The van der Waals surface area contributed by atoms with Crippen molar-refractivity contribution < 1.29 is 9.13 Å². The van der Waals surface area contributed by atoms with E-state index in [0.717, 1.165) is 12.8 Å². The second kappa shape index (κ2) is 7.49. The Labute approximate surface area is 109 Å². The summed E-state index contributed by atoms with van der Waals surface area (Å²) in [7, 11) is 0. The number of rotatable bonds is 7. The average Bonchev–Trinajstić information content (AvgIpc) is 2.30. The highest BCUT2D eigenvalue weighted by Crippen LogP contribution is 2.23. The molecule has 2 N–H and O–H groups in total. The largest absolute Gasteiger partial charge is 0.372 e. The zero-order valence-corrected chi connectivity index (χ0v) is 11.5. The highest BCUT2D eigenvalue weighted by atomic mass is 19.1. The molecule has 102 valence electrons. The Morgan fingerprint density at radius 2 is 1.89 bits per heavy atom. The minimum atomic E-state index is -0.363. The Hall–Kier alpha value is -0.930. The first-order valence-electron chi connectivity index (χ1n) is 6.64. The summed E-state index contributed by atoms with van der Waals surface area (Å²) < 4.78 is 19.5. The molecule has 1 aromatic rings. The number of hydrogen-bond acceptors (Lipinski definition) is 2. The van der Waals surface area contributed by atoms with Gasteiger partial charge in [-0.3, -0.25) is 0 Å². The normalized spacial score (nSPS) is 14.8. The van der Waals surface area contributed by atoms with E-state index in [9.17, 15) is 4.39 Å². The van der Waals surface area contributed by atoms with Gasteiger partial charge in [-0.05, 0) is 31.7 Å².